The second kappa shape index (κ2) is 7.03. The summed E-state index contributed by atoms with van der Waals surface area (Å²) in [6.45, 7) is 0.745. The van der Waals surface area contributed by atoms with E-state index in [2.05, 4.69) is 0 Å². The molecule has 22 heavy (non-hydrogen) atoms. The molecular weight excluding hydrogens is 296 g/mol. The van der Waals surface area contributed by atoms with Crippen molar-refractivity contribution in [3.8, 4) is 11.5 Å². The highest BCUT2D eigenvalue weighted by Crippen LogP contribution is 2.25. The minimum Gasteiger partial charge on any atom is -0.462 e. The standard InChI is InChI=1S/C14H18O8/c1-7(16)20-8-2-4-9(5-3-8)21-14-13(19)12(18)11(17)10(6-15)22-14/h2-5,10-15,17-19H,6H2,1H3/t10-,11-,12+,13-,14-/m1/s1. The molecule has 8 nitrogen and oxygen atoms in total. The summed E-state index contributed by atoms with van der Waals surface area (Å²) >= 11 is 0. The molecule has 1 aliphatic rings. The van der Waals surface area contributed by atoms with Gasteiger partial charge in [-0.05, 0) is 24.3 Å². The number of benzene rings is 1. The Bertz CT molecular complexity index is 500. The second-order valence-electron chi connectivity index (χ2n) is 4.88. The molecule has 0 spiro atoms. The Hall–Kier alpha value is -1.71. The lowest BCUT2D eigenvalue weighted by Crippen LogP contribution is -2.60. The Labute approximate surface area is 126 Å². The smallest absolute Gasteiger partial charge is 0.308 e. The first-order chi connectivity index (χ1) is 10.4. The van der Waals surface area contributed by atoms with E-state index in [9.17, 15) is 20.1 Å². The molecule has 0 saturated carbocycles. The number of hydrogen-bond acceptors (Lipinski definition) is 8. The fraction of sp³-hybridized carbons (Fsp3) is 0.500. The van der Waals surface area contributed by atoms with Crippen LogP contribution in [0.1, 0.15) is 6.92 Å². The number of carbonyl (C=O) groups is 1. The maximum atomic E-state index is 10.8. The third kappa shape index (κ3) is 3.73. The number of aliphatic hydroxyl groups excluding tert-OH is 4. The zero-order chi connectivity index (χ0) is 16.3. The molecule has 1 heterocycles. The zero-order valence-corrected chi connectivity index (χ0v) is 11.8. The van der Waals surface area contributed by atoms with Crippen molar-refractivity contribution >= 4 is 5.97 Å². The Morgan fingerprint density at radius 2 is 1.68 bits per heavy atom. The highest BCUT2D eigenvalue weighted by molar-refractivity contribution is 5.69. The fourth-order valence-electron chi connectivity index (χ4n) is 2.05. The molecule has 1 fully saturated rings. The maximum absolute atomic E-state index is 10.8. The third-order valence-electron chi connectivity index (χ3n) is 3.19. The van der Waals surface area contributed by atoms with Gasteiger partial charge in [0.2, 0.25) is 6.29 Å². The van der Waals surface area contributed by atoms with E-state index < -0.39 is 43.3 Å². The van der Waals surface area contributed by atoms with Gasteiger partial charge < -0.3 is 34.6 Å². The topological polar surface area (TPSA) is 126 Å². The summed E-state index contributed by atoms with van der Waals surface area (Å²) in [5.41, 5.74) is 0. The number of aliphatic hydroxyl groups is 4. The van der Waals surface area contributed by atoms with E-state index in [1.54, 1.807) is 0 Å². The van der Waals surface area contributed by atoms with Gasteiger partial charge in [-0.1, -0.05) is 0 Å². The van der Waals surface area contributed by atoms with Crippen LogP contribution < -0.4 is 9.47 Å². The first kappa shape index (κ1) is 16.7. The van der Waals surface area contributed by atoms with Gasteiger partial charge in [-0.15, -0.1) is 0 Å². The minimum atomic E-state index is -1.50. The molecule has 8 heteroatoms. The van der Waals surface area contributed by atoms with Crippen molar-refractivity contribution in [3.05, 3.63) is 24.3 Å². The highest BCUT2D eigenvalue weighted by atomic mass is 16.7. The van der Waals surface area contributed by atoms with Gasteiger partial charge in [-0.2, -0.15) is 0 Å². The van der Waals surface area contributed by atoms with Crippen molar-refractivity contribution in [1.29, 1.82) is 0 Å². The van der Waals surface area contributed by atoms with E-state index in [0.29, 0.717) is 11.5 Å². The number of esters is 1. The first-order valence-corrected chi connectivity index (χ1v) is 6.68. The van der Waals surface area contributed by atoms with E-state index in [0.717, 1.165) is 0 Å². The van der Waals surface area contributed by atoms with Crippen LogP contribution in [0.5, 0.6) is 11.5 Å². The van der Waals surface area contributed by atoms with E-state index in [1.165, 1.54) is 31.2 Å². The van der Waals surface area contributed by atoms with Gasteiger partial charge in [0.15, 0.2) is 0 Å². The van der Waals surface area contributed by atoms with Crippen LogP contribution in [0.2, 0.25) is 0 Å². The predicted octanol–water partition coefficient (Wildman–Crippen LogP) is -1.21. The molecule has 0 aromatic heterocycles. The molecule has 1 saturated heterocycles. The molecule has 2 rings (SSSR count). The van der Waals surface area contributed by atoms with Crippen molar-refractivity contribution in [2.45, 2.75) is 37.6 Å². The van der Waals surface area contributed by atoms with E-state index >= 15 is 0 Å². The second-order valence-corrected chi connectivity index (χ2v) is 4.88. The van der Waals surface area contributed by atoms with Crippen molar-refractivity contribution in [2.24, 2.45) is 0 Å². The molecule has 0 unspecified atom stereocenters. The maximum Gasteiger partial charge on any atom is 0.308 e. The Balaban J connectivity index is 2.04. The van der Waals surface area contributed by atoms with Gasteiger partial charge in [-0.25, -0.2) is 0 Å². The lowest BCUT2D eigenvalue weighted by molar-refractivity contribution is -0.277. The molecule has 1 aromatic rings. The van der Waals surface area contributed by atoms with Gasteiger partial charge in [0.05, 0.1) is 6.61 Å². The first-order valence-electron chi connectivity index (χ1n) is 6.68. The minimum absolute atomic E-state index is 0.292. The van der Waals surface area contributed by atoms with Crippen LogP contribution >= 0.6 is 0 Å². The van der Waals surface area contributed by atoms with Crippen LogP contribution in [0.3, 0.4) is 0 Å². The van der Waals surface area contributed by atoms with Crippen molar-refractivity contribution in [1.82, 2.24) is 0 Å². The lowest BCUT2D eigenvalue weighted by atomic mass is 9.99. The zero-order valence-electron chi connectivity index (χ0n) is 11.8. The summed E-state index contributed by atoms with van der Waals surface area (Å²) in [4.78, 5) is 10.8. The van der Waals surface area contributed by atoms with Gasteiger partial charge in [0.25, 0.3) is 0 Å². The molecule has 5 atom stereocenters. The molecule has 1 aromatic carbocycles. The normalized spacial score (nSPS) is 31.6. The van der Waals surface area contributed by atoms with Crippen LogP contribution in [0.4, 0.5) is 0 Å². The molecule has 4 N–H and O–H groups in total. The summed E-state index contributed by atoms with van der Waals surface area (Å²) in [6, 6.07) is 5.95. The van der Waals surface area contributed by atoms with Crippen LogP contribution in [-0.4, -0.2) is 63.7 Å². The molecular formula is C14H18O8. The van der Waals surface area contributed by atoms with E-state index in [1.807, 2.05) is 0 Å². The van der Waals surface area contributed by atoms with E-state index in [-0.39, 0.29) is 0 Å². The number of hydrogen-bond donors (Lipinski definition) is 4. The average molecular weight is 314 g/mol. The number of carbonyl (C=O) groups excluding carboxylic acids is 1. The quantitative estimate of drug-likeness (QED) is 0.403. The Morgan fingerprint density at radius 3 is 2.23 bits per heavy atom. The highest BCUT2D eigenvalue weighted by Gasteiger charge is 2.44. The molecule has 0 radical (unpaired) electrons. The lowest BCUT2D eigenvalue weighted by Gasteiger charge is -2.39. The summed E-state index contributed by atoms with van der Waals surface area (Å²) in [6.07, 6.45) is -6.72. The molecule has 0 bridgehead atoms. The van der Waals surface area contributed by atoms with Crippen LogP contribution in [0.15, 0.2) is 24.3 Å². The van der Waals surface area contributed by atoms with Gasteiger partial charge in [-0.3, -0.25) is 4.79 Å². The SMILES string of the molecule is CC(=O)Oc1ccc(O[C@@H]2O[C@H](CO)[C@@H](O)[C@H](O)[C@H]2O)cc1. The molecule has 0 amide bonds. The van der Waals surface area contributed by atoms with Crippen LogP contribution in [-0.2, 0) is 9.53 Å². The van der Waals surface area contributed by atoms with Gasteiger partial charge >= 0.3 is 5.97 Å². The monoisotopic (exact) mass is 314 g/mol. The van der Waals surface area contributed by atoms with Crippen molar-refractivity contribution in [2.75, 3.05) is 6.61 Å². The van der Waals surface area contributed by atoms with Gasteiger partial charge in [0.1, 0.15) is 35.9 Å². The summed E-state index contributed by atoms with van der Waals surface area (Å²) in [7, 11) is 0. The third-order valence-corrected chi connectivity index (χ3v) is 3.19. The number of rotatable bonds is 4. The Kier molecular flexibility index (Phi) is 5.33. The van der Waals surface area contributed by atoms with Crippen molar-refractivity contribution < 1.29 is 39.4 Å². The average Bonchev–Trinajstić information content (AvgIpc) is 2.49. The van der Waals surface area contributed by atoms with Crippen LogP contribution in [0.25, 0.3) is 0 Å². The van der Waals surface area contributed by atoms with Gasteiger partial charge in [0, 0.05) is 6.92 Å². The predicted molar refractivity (Wildman–Crippen MR) is 72.1 cm³/mol. The summed E-state index contributed by atoms with van der Waals surface area (Å²) in [5, 5.41) is 38.3. The Morgan fingerprint density at radius 1 is 1.09 bits per heavy atom. The largest absolute Gasteiger partial charge is 0.462 e. The molecule has 1 aliphatic heterocycles. The summed E-state index contributed by atoms with van der Waals surface area (Å²) < 4.78 is 15.5. The van der Waals surface area contributed by atoms with E-state index in [4.69, 9.17) is 19.3 Å². The number of ether oxygens (including phenoxy) is 3. The van der Waals surface area contributed by atoms with Crippen LogP contribution in [0, 0.1) is 0 Å². The molecule has 122 valence electrons. The van der Waals surface area contributed by atoms with Crippen molar-refractivity contribution in [3.63, 3.8) is 0 Å². The fourth-order valence-corrected chi connectivity index (χ4v) is 2.05. The summed E-state index contributed by atoms with van der Waals surface area (Å²) in [5.74, 6) is 0.163. The molecule has 0 aliphatic carbocycles.